The molecule has 1 atom stereocenters. The van der Waals surface area contributed by atoms with Crippen molar-refractivity contribution in [1.82, 2.24) is 9.13 Å². The number of rotatable bonds is 8. The zero-order valence-corrected chi connectivity index (χ0v) is 28.7. The van der Waals surface area contributed by atoms with Crippen LogP contribution in [-0.4, -0.2) is 35.9 Å². The molecule has 5 aromatic rings. The van der Waals surface area contributed by atoms with Crippen molar-refractivity contribution < 1.29 is 19.0 Å². The van der Waals surface area contributed by atoms with Crippen molar-refractivity contribution in [2.24, 2.45) is 4.99 Å². The lowest BCUT2D eigenvalue weighted by molar-refractivity contribution is -0.138. The Hall–Kier alpha value is -4.57. The van der Waals surface area contributed by atoms with E-state index >= 15 is 0 Å². The summed E-state index contributed by atoms with van der Waals surface area (Å²) in [4.78, 5) is 33.6. The fourth-order valence-corrected chi connectivity index (χ4v) is 7.16. The Morgan fingerprint density at radius 1 is 0.957 bits per heavy atom. The second-order valence-electron chi connectivity index (χ2n) is 10.8. The molecule has 0 saturated carbocycles. The lowest BCUT2D eigenvalue weighted by Crippen LogP contribution is -2.40. The van der Waals surface area contributed by atoms with E-state index in [1.807, 2.05) is 74.5 Å². The van der Waals surface area contributed by atoms with E-state index in [4.69, 9.17) is 42.4 Å². The summed E-state index contributed by atoms with van der Waals surface area (Å²) >= 11 is 13.8. The molecule has 1 aliphatic rings. The highest BCUT2D eigenvalue weighted by Gasteiger charge is 2.35. The molecule has 6 rings (SSSR count). The van der Waals surface area contributed by atoms with Crippen LogP contribution in [0, 0.1) is 13.8 Å². The predicted molar refractivity (Wildman–Crippen MR) is 186 cm³/mol. The number of halogens is 2. The fraction of sp³-hybridized carbons (Fsp3) is 0.194. The van der Waals surface area contributed by atoms with Gasteiger partial charge < -0.3 is 18.8 Å². The molecule has 0 spiro atoms. The van der Waals surface area contributed by atoms with Crippen LogP contribution >= 0.6 is 34.5 Å². The quantitative estimate of drug-likeness (QED) is 0.170. The Balaban J connectivity index is 1.61. The number of hydrogen-bond donors (Lipinski definition) is 0. The number of methoxy groups -OCH3 is 2. The van der Waals surface area contributed by atoms with E-state index < -0.39 is 12.0 Å². The van der Waals surface area contributed by atoms with Gasteiger partial charge in [-0.15, -0.1) is 0 Å². The van der Waals surface area contributed by atoms with Crippen LogP contribution in [0.1, 0.15) is 41.0 Å². The second-order valence-corrected chi connectivity index (χ2v) is 12.6. The minimum absolute atomic E-state index is 0.155. The third-order valence-corrected chi connectivity index (χ3v) is 9.74. The van der Waals surface area contributed by atoms with Gasteiger partial charge in [0.25, 0.3) is 5.56 Å². The van der Waals surface area contributed by atoms with Crippen molar-refractivity contribution in [1.29, 1.82) is 0 Å². The Bertz CT molecular complexity index is 2230. The molecule has 0 fully saturated rings. The molecular formula is C36H31Cl2N3O5S. The molecule has 3 heterocycles. The molecule has 2 aromatic heterocycles. The van der Waals surface area contributed by atoms with Gasteiger partial charge in [-0.2, -0.15) is 0 Å². The molecule has 0 aliphatic carbocycles. The van der Waals surface area contributed by atoms with E-state index in [9.17, 15) is 9.59 Å². The SMILES string of the molecule is CCOC(=O)C1=C(c2ccccc2)N=c2s/c(=C\c3cc(C)n(-c4ccc(Cl)c(Cl)c4)c3C)c(=O)n2[C@@H]1c1ccc(OC)c(OC)c1. The number of ether oxygens (including phenoxy) is 3. The maximum absolute atomic E-state index is 14.4. The van der Waals surface area contributed by atoms with Gasteiger partial charge in [-0.3, -0.25) is 9.36 Å². The van der Waals surface area contributed by atoms with E-state index in [1.165, 1.54) is 11.3 Å². The van der Waals surface area contributed by atoms with Crippen LogP contribution in [0.4, 0.5) is 0 Å². The summed E-state index contributed by atoms with van der Waals surface area (Å²) in [6, 6.07) is 21.4. The molecule has 0 N–H and O–H groups in total. The summed E-state index contributed by atoms with van der Waals surface area (Å²) in [7, 11) is 3.09. The molecule has 11 heteroatoms. The third-order valence-electron chi connectivity index (χ3n) is 8.02. The van der Waals surface area contributed by atoms with Crippen molar-refractivity contribution in [2.75, 3.05) is 20.8 Å². The molecule has 0 amide bonds. The highest BCUT2D eigenvalue weighted by atomic mass is 35.5. The Morgan fingerprint density at radius 3 is 2.38 bits per heavy atom. The number of esters is 1. The van der Waals surface area contributed by atoms with E-state index in [0.29, 0.717) is 42.1 Å². The summed E-state index contributed by atoms with van der Waals surface area (Å²) in [6.45, 7) is 5.87. The summed E-state index contributed by atoms with van der Waals surface area (Å²) in [5.41, 5.74) is 5.35. The highest BCUT2D eigenvalue weighted by molar-refractivity contribution is 7.07. The number of aryl methyl sites for hydroxylation is 1. The van der Waals surface area contributed by atoms with Crippen LogP contribution in [-0.2, 0) is 9.53 Å². The van der Waals surface area contributed by atoms with E-state index in [-0.39, 0.29) is 17.7 Å². The van der Waals surface area contributed by atoms with Crippen molar-refractivity contribution in [2.45, 2.75) is 26.8 Å². The summed E-state index contributed by atoms with van der Waals surface area (Å²) < 4.78 is 20.8. The van der Waals surface area contributed by atoms with Gasteiger partial charge in [-0.1, -0.05) is 70.9 Å². The van der Waals surface area contributed by atoms with Crippen LogP contribution in [0.15, 0.2) is 88.2 Å². The fourth-order valence-electron chi connectivity index (χ4n) is 5.88. The maximum atomic E-state index is 14.4. The summed E-state index contributed by atoms with van der Waals surface area (Å²) in [5.74, 6) is 0.420. The topological polar surface area (TPSA) is 84.1 Å². The lowest BCUT2D eigenvalue weighted by atomic mass is 9.93. The predicted octanol–water partition coefficient (Wildman–Crippen LogP) is 6.67. The van der Waals surface area contributed by atoms with Crippen LogP contribution in [0.5, 0.6) is 11.5 Å². The first-order chi connectivity index (χ1) is 22.7. The Morgan fingerprint density at radius 2 is 1.70 bits per heavy atom. The molecule has 3 aromatic carbocycles. The average Bonchev–Trinajstić information content (AvgIpc) is 3.54. The Kier molecular flexibility index (Phi) is 9.14. The van der Waals surface area contributed by atoms with Gasteiger partial charge in [-0.25, -0.2) is 9.79 Å². The molecule has 8 nitrogen and oxygen atoms in total. The monoisotopic (exact) mass is 687 g/mol. The van der Waals surface area contributed by atoms with Gasteiger partial charge in [-0.05, 0) is 74.4 Å². The Labute approximate surface area is 285 Å². The van der Waals surface area contributed by atoms with E-state index in [1.54, 1.807) is 43.9 Å². The summed E-state index contributed by atoms with van der Waals surface area (Å²) in [5, 5.41) is 0.925. The molecule has 0 unspecified atom stereocenters. The molecule has 0 saturated heterocycles. The van der Waals surface area contributed by atoms with E-state index in [0.717, 1.165) is 28.2 Å². The first-order valence-electron chi connectivity index (χ1n) is 14.8. The average molecular weight is 689 g/mol. The zero-order chi connectivity index (χ0) is 33.4. The van der Waals surface area contributed by atoms with Crippen LogP contribution in [0.3, 0.4) is 0 Å². The van der Waals surface area contributed by atoms with Crippen LogP contribution in [0.25, 0.3) is 17.5 Å². The van der Waals surface area contributed by atoms with Crippen molar-refractivity contribution in [3.05, 3.63) is 136 Å². The number of thiazole rings is 1. The highest BCUT2D eigenvalue weighted by Crippen LogP contribution is 2.38. The van der Waals surface area contributed by atoms with Gasteiger partial charge in [0.2, 0.25) is 0 Å². The van der Waals surface area contributed by atoms with Crippen LogP contribution in [0.2, 0.25) is 10.0 Å². The van der Waals surface area contributed by atoms with Gasteiger partial charge in [0, 0.05) is 22.6 Å². The van der Waals surface area contributed by atoms with E-state index in [2.05, 4.69) is 4.57 Å². The molecule has 47 heavy (non-hydrogen) atoms. The van der Waals surface area contributed by atoms with Gasteiger partial charge >= 0.3 is 5.97 Å². The number of benzene rings is 3. The minimum atomic E-state index is -0.855. The number of carbonyl (C=O) groups is 1. The standard InChI is InChI=1S/C36H31Cl2N3O5S/c1-6-46-35(43)31-32(22-10-8-7-9-11-22)39-36-41(33(31)23-12-15-28(44-4)29(17-23)45-5)34(42)30(47-36)18-24-16-20(2)40(21(24)3)25-13-14-26(37)27(38)19-25/h7-19,33H,6H2,1-5H3/b30-18-/t33-/m1/s1. The molecule has 1 aliphatic heterocycles. The molecule has 240 valence electrons. The second kappa shape index (κ2) is 13.3. The van der Waals surface area contributed by atoms with Gasteiger partial charge in [0.15, 0.2) is 16.3 Å². The number of carbonyl (C=O) groups excluding carboxylic acids is 1. The number of aromatic nitrogens is 2. The zero-order valence-electron chi connectivity index (χ0n) is 26.3. The number of fused-ring (bicyclic) bond motifs is 1. The van der Waals surface area contributed by atoms with Crippen molar-refractivity contribution >= 4 is 52.3 Å². The maximum Gasteiger partial charge on any atom is 0.338 e. The minimum Gasteiger partial charge on any atom is -0.493 e. The first kappa shape index (κ1) is 32.4. The van der Waals surface area contributed by atoms with Gasteiger partial charge in [0.1, 0.15) is 0 Å². The van der Waals surface area contributed by atoms with Crippen molar-refractivity contribution in [3.8, 4) is 17.2 Å². The molecule has 0 radical (unpaired) electrons. The normalized spacial score (nSPS) is 14.5. The summed E-state index contributed by atoms with van der Waals surface area (Å²) in [6.07, 6.45) is 1.86. The lowest BCUT2D eigenvalue weighted by Gasteiger charge is -2.26. The number of nitrogens with zero attached hydrogens (tertiary/aromatic N) is 3. The van der Waals surface area contributed by atoms with Crippen LogP contribution < -0.4 is 24.4 Å². The van der Waals surface area contributed by atoms with Crippen molar-refractivity contribution in [3.63, 3.8) is 0 Å². The largest absolute Gasteiger partial charge is 0.493 e. The first-order valence-corrected chi connectivity index (χ1v) is 16.4. The smallest absolute Gasteiger partial charge is 0.338 e. The molecular weight excluding hydrogens is 657 g/mol. The number of hydrogen-bond acceptors (Lipinski definition) is 7. The third kappa shape index (κ3) is 5.91. The molecule has 0 bridgehead atoms. The van der Waals surface area contributed by atoms with Gasteiger partial charge in [0.05, 0.1) is 52.7 Å².